The van der Waals surface area contributed by atoms with Crippen LogP contribution in [0.3, 0.4) is 0 Å². The first-order chi connectivity index (χ1) is 7.99. The van der Waals surface area contributed by atoms with Gasteiger partial charge in [0.25, 0.3) is 0 Å². The summed E-state index contributed by atoms with van der Waals surface area (Å²) in [5.74, 6) is 0.890. The minimum Gasteiger partial charge on any atom is -0.489 e. The van der Waals surface area contributed by atoms with Gasteiger partial charge in [0, 0.05) is 12.6 Å². The molecule has 96 valence electrons. The lowest BCUT2D eigenvalue weighted by Gasteiger charge is -2.24. The second kappa shape index (κ2) is 6.60. The summed E-state index contributed by atoms with van der Waals surface area (Å²) >= 11 is 0. The molecule has 17 heavy (non-hydrogen) atoms. The van der Waals surface area contributed by atoms with Crippen molar-refractivity contribution >= 4 is 0 Å². The lowest BCUT2D eigenvalue weighted by molar-refractivity contribution is 0.146. The highest BCUT2D eigenvalue weighted by molar-refractivity contribution is 5.22. The maximum absolute atomic E-state index is 12.8. The fraction of sp³-hybridized carbons (Fsp3) is 0.571. The normalized spacial score (nSPS) is 13.1. The fourth-order valence-corrected chi connectivity index (χ4v) is 1.45. The third kappa shape index (κ3) is 5.18. The molecule has 1 aromatic carbocycles. The predicted molar refractivity (Wildman–Crippen MR) is 68.8 cm³/mol. The van der Waals surface area contributed by atoms with Crippen LogP contribution < -0.4 is 10.1 Å². The summed E-state index contributed by atoms with van der Waals surface area (Å²) in [6, 6.07) is 6.61. The van der Waals surface area contributed by atoms with Gasteiger partial charge in [0.15, 0.2) is 0 Å². The third-order valence-corrected chi connectivity index (χ3v) is 2.57. The lowest BCUT2D eigenvalue weighted by atomic mass is 10.1. The van der Waals surface area contributed by atoms with Crippen molar-refractivity contribution in [3.63, 3.8) is 0 Å². The Morgan fingerprint density at radius 2 is 1.71 bits per heavy atom. The standard InChI is InChI=1S/C14H22FNO/c1-10(2)14(9-16-11(3)4)17-13-7-5-12(15)6-8-13/h5-8,10-11,14,16H,9H2,1-4H3. The second-order valence-electron chi connectivity index (χ2n) is 4.92. The van der Waals surface area contributed by atoms with Gasteiger partial charge in [-0.05, 0) is 30.2 Å². The van der Waals surface area contributed by atoms with Crippen LogP contribution in [-0.4, -0.2) is 18.7 Å². The minimum absolute atomic E-state index is 0.0999. The van der Waals surface area contributed by atoms with E-state index in [9.17, 15) is 4.39 Å². The molecule has 0 aliphatic carbocycles. The third-order valence-electron chi connectivity index (χ3n) is 2.57. The maximum atomic E-state index is 12.8. The van der Waals surface area contributed by atoms with Crippen molar-refractivity contribution in [2.24, 2.45) is 5.92 Å². The molecule has 0 aromatic heterocycles. The molecule has 1 rings (SSSR count). The Morgan fingerprint density at radius 3 is 2.18 bits per heavy atom. The molecule has 0 fully saturated rings. The highest BCUT2D eigenvalue weighted by atomic mass is 19.1. The zero-order valence-corrected chi connectivity index (χ0v) is 11.0. The number of hydrogen-bond donors (Lipinski definition) is 1. The van der Waals surface area contributed by atoms with Crippen LogP contribution in [0, 0.1) is 11.7 Å². The van der Waals surface area contributed by atoms with E-state index < -0.39 is 0 Å². The Kier molecular flexibility index (Phi) is 5.42. The number of benzene rings is 1. The van der Waals surface area contributed by atoms with Crippen LogP contribution in [0.2, 0.25) is 0 Å². The molecule has 0 spiro atoms. The molecule has 0 radical (unpaired) electrons. The van der Waals surface area contributed by atoms with Crippen molar-refractivity contribution in [3.8, 4) is 5.75 Å². The zero-order chi connectivity index (χ0) is 12.8. The maximum Gasteiger partial charge on any atom is 0.123 e. The molecule has 1 N–H and O–H groups in total. The fourth-order valence-electron chi connectivity index (χ4n) is 1.45. The van der Waals surface area contributed by atoms with Gasteiger partial charge in [-0.25, -0.2) is 4.39 Å². The van der Waals surface area contributed by atoms with Gasteiger partial charge in [-0.2, -0.15) is 0 Å². The average molecular weight is 239 g/mol. The molecule has 0 bridgehead atoms. The van der Waals surface area contributed by atoms with E-state index >= 15 is 0 Å². The molecular formula is C14H22FNO. The Labute approximate surface area is 103 Å². The quantitative estimate of drug-likeness (QED) is 0.823. The monoisotopic (exact) mass is 239 g/mol. The van der Waals surface area contributed by atoms with Crippen LogP contribution in [-0.2, 0) is 0 Å². The summed E-state index contributed by atoms with van der Waals surface area (Å²) in [6.07, 6.45) is 0.0999. The Bertz CT molecular complexity index is 321. The molecule has 1 atom stereocenters. The van der Waals surface area contributed by atoms with Crippen LogP contribution in [0.5, 0.6) is 5.75 Å². The van der Waals surface area contributed by atoms with E-state index in [4.69, 9.17) is 4.74 Å². The van der Waals surface area contributed by atoms with Gasteiger partial charge in [0.1, 0.15) is 17.7 Å². The first-order valence-corrected chi connectivity index (χ1v) is 6.14. The summed E-state index contributed by atoms with van der Waals surface area (Å²) in [5, 5.41) is 3.36. The van der Waals surface area contributed by atoms with Crippen molar-refractivity contribution in [1.29, 1.82) is 0 Å². The summed E-state index contributed by atoms with van der Waals surface area (Å²) in [4.78, 5) is 0. The van der Waals surface area contributed by atoms with Crippen molar-refractivity contribution in [2.45, 2.75) is 39.8 Å². The first-order valence-electron chi connectivity index (χ1n) is 6.14. The number of ether oxygens (including phenoxy) is 1. The minimum atomic E-state index is -0.237. The van der Waals surface area contributed by atoms with Crippen LogP contribution >= 0.6 is 0 Å². The topological polar surface area (TPSA) is 21.3 Å². The molecule has 1 aromatic rings. The first kappa shape index (κ1) is 14.0. The van der Waals surface area contributed by atoms with E-state index in [0.29, 0.717) is 12.0 Å². The molecule has 0 saturated carbocycles. The van der Waals surface area contributed by atoms with Gasteiger partial charge in [-0.3, -0.25) is 0 Å². The van der Waals surface area contributed by atoms with Gasteiger partial charge in [0.2, 0.25) is 0 Å². The molecule has 0 heterocycles. The molecule has 0 amide bonds. The Balaban J connectivity index is 2.57. The number of hydrogen-bond acceptors (Lipinski definition) is 2. The Morgan fingerprint density at radius 1 is 1.12 bits per heavy atom. The van der Waals surface area contributed by atoms with Crippen molar-refractivity contribution in [2.75, 3.05) is 6.54 Å². The zero-order valence-electron chi connectivity index (χ0n) is 11.0. The van der Waals surface area contributed by atoms with Crippen molar-refractivity contribution < 1.29 is 9.13 Å². The number of halogens is 1. The molecular weight excluding hydrogens is 217 g/mol. The molecule has 3 heteroatoms. The predicted octanol–water partition coefficient (Wildman–Crippen LogP) is 3.23. The molecule has 2 nitrogen and oxygen atoms in total. The van der Waals surface area contributed by atoms with E-state index in [1.54, 1.807) is 12.1 Å². The number of nitrogens with one attached hydrogen (secondary N) is 1. The lowest BCUT2D eigenvalue weighted by Crippen LogP contribution is -2.38. The Hall–Kier alpha value is -1.09. The van der Waals surface area contributed by atoms with Crippen LogP contribution in [0.15, 0.2) is 24.3 Å². The summed E-state index contributed by atoms with van der Waals surface area (Å²) in [5.41, 5.74) is 0. The summed E-state index contributed by atoms with van der Waals surface area (Å²) in [6.45, 7) is 9.25. The van der Waals surface area contributed by atoms with Crippen LogP contribution in [0.25, 0.3) is 0 Å². The van der Waals surface area contributed by atoms with E-state index in [1.165, 1.54) is 12.1 Å². The SMILES string of the molecule is CC(C)NCC(Oc1ccc(F)cc1)C(C)C. The van der Waals surface area contributed by atoms with E-state index in [1.807, 2.05) is 0 Å². The molecule has 0 aliphatic heterocycles. The smallest absolute Gasteiger partial charge is 0.123 e. The van der Waals surface area contributed by atoms with E-state index in [0.717, 1.165) is 12.3 Å². The molecule has 1 unspecified atom stereocenters. The molecule has 0 saturated heterocycles. The van der Waals surface area contributed by atoms with Crippen molar-refractivity contribution in [3.05, 3.63) is 30.1 Å². The average Bonchev–Trinajstić information content (AvgIpc) is 2.26. The van der Waals surface area contributed by atoms with Crippen LogP contribution in [0.1, 0.15) is 27.7 Å². The summed E-state index contributed by atoms with van der Waals surface area (Å²) in [7, 11) is 0. The van der Waals surface area contributed by atoms with E-state index in [-0.39, 0.29) is 11.9 Å². The highest BCUT2D eigenvalue weighted by Crippen LogP contribution is 2.16. The van der Waals surface area contributed by atoms with Gasteiger partial charge >= 0.3 is 0 Å². The van der Waals surface area contributed by atoms with E-state index in [2.05, 4.69) is 33.0 Å². The summed E-state index contributed by atoms with van der Waals surface area (Å²) < 4.78 is 18.6. The largest absolute Gasteiger partial charge is 0.489 e. The van der Waals surface area contributed by atoms with Crippen LogP contribution in [0.4, 0.5) is 4.39 Å². The van der Waals surface area contributed by atoms with Gasteiger partial charge in [-0.15, -0.1) is 0 Å². The molecule has 0 aliphatic rings. The second-order valence-corrected chi connectivity index (χ2v) is 4.92. The van der Waals surface area contributed by atoms with Gasteiger partial charge in [-0.1, -0.05) is 27.7 Å². The highest BCUT2D eigenvalue weighted by Gasteiger charge is 2.15. The van der Waals surface area contributed by atoms with Crippen molar-refractivity contribution in [1.82, 2.24) is 5.32 Å². The van der Waals surface area contributed by atoms with Gasteiger partial charge < -0.3 is 10.1 Å². The number of rotatable bonds is 6. The van der Waals surface area contributed by atoms with Gasteiger partial charge in [0.05, 0.1) is 0 Å².